The first kappa shape index (κ1) is 32.7. The molecule has 4 nitrogen and oxygen atoms in total. The van der Waals surface area contributed by atoms with E-state index >= 15 is 0 Å². The van der Waals surface area contributed by atoms with Gasteiger partial charge in [-0.1, -0.05) is 103 Å². The van der Waals surface area contributed by atoms with Gasteiger partial charge in [0, 0.05) is 73.8 Å². The molecule has 2 aliphatic rings. The van der Waals surface area contributed by atoms with Crippen LogP contribution in [0.15, 0.2) is 152 Å². The maximum Gasteiger partial charge on any atom is 0.164 e. The average molecular weight is 767 g/mol. The van der Waals surface area contributed by atoms with Gasteiger partial charge in [-0.15, -0.1) is 22.7 Å². The van der Waals surface area contributed by atoms with Crippen LogP contribution in [0.3, 0.4) is 0 Å². The van der Waals surface area contributed by atoms with Crippen molar-refractivity contribution in [2.75, 3.05) is 0 Å². The minimum atomic E-state index is 0.700. The molecule has 0 saturated heterocycles. The summed E-state index contributed by atoms with van der Waals surface area (Å²) in [6.07, 6.45) is 15.1. The first-order valence-corrected chi connectivity index (χ1v) is 21.3. The third-order valence-electron chi connectivity index (χ3n) is 11.6. The van der Waals surface area contributed by atoms with E-state index in [1.165, 1.54) is 79.3 Å². The Balaban J connectivity index is 0.939. The fraction of sp³-hybridized carbons (Fsp3) is 0.0784. The molecule has 0 bridgehead atoms. The summed E-state index contributed by atoms with van der Waals surface area (Å²) in [6.45, 7) is 0. The molecule has 0 fully saturated rings. The lowest BCUT2D eigenvalue weighted by Gasteiger charge is -2.13. The van der Waals surface area contributed by atoms with Gasteiger partial charge in [-0.25, -0.2) is 15.0 Å². The molecule has 12 rings (SSSR count). The Morgan fingerprint density at radius 2 is 1.14 bits per heavy atom. The molecule has 4 heterocycles. The lowest BCUT2D eigenvalue weighted by atomic mass is 10.0. The molecule has 10 aromatic rings. The topological polar surface area (TPSA) is 43.6 Å². The second-order valence-corrected chi connectivity index (χ2v) is 17.2. The van der Waals surface area contributed by atoms with Crippen LogP contribution in [0.5, 0.6) is 0 Å². The van der Waals surface area contributed by atoms with E-state index < -0.39 is 0 Å². The van der Waals surface area contributed by atoms with Crippen LogP contribution in [0.2, 0.25) is 0 Å². The molecule has 6 heteroatoms. The second kappa shape index (κ2) is 13.1. The third-order valence-corrected chi connectivity index (χ3v) is 13.9. The smallest absolute Gasteiger partial charge is 0.164 e. The van der Waals surface area contributed by atoms with Crippen LogP contribution in [0.25, 0.3) is 102 Å². The normalized spacial score (nSPS) is 14.0. The van der Waals surface area contributed by atoms with Crippen LogP contribution in [0, 0.1) is 0 Å². The van der Waals surface area contributed by atoms with Gasteiger partial charge in [0.25, 0.3) is 0 Å². The Morgan fingerprint density at radius 1 is 0.474 bits per heavy atom. The molecule has 270 valence electrons. The van der Waals surface area contributed by atoms with E-state index in [1.54, 1.807) is 0 Å². The molecule has 2 aliphatic carbocycles. The summed E-state index contributed by atoms with van der Waals surface area (Å²) < 4.78 is 7.65. The highest BCUT2D eigenvalue weighted by atomic mass is 32.1. The Bertz CT molecular complexity index is 3360. The summed E-state index contributed by atoms with van der Waals surface area (Å²) in [4.78, 5) is 15.1. The molecule has 57 heavy (non-hydrogen) atoms. The van der Waals surface area contributed by atoms with Crippen molar-refractivity contribution < 1.29 is 0 Å². The minimum Gasteiger partial charge on any atom is -0.313 e. The number of rotatable bonds is 5. The molecule has 0 amide bonds. The van der Waals surface area contributed by atoms with Crippen molar-refractivity contribution in [2.45, 2.75) is 25.7 Å². The number of para-hydroxylation sites is 1. The van der Waals surface area contributed by atoms with E-state index in [2.05, 4.69) is 144 Å². The van der Waals surface area contributed by atoms with Crippen LogP contribution in [-0.4, -0.2) is 19.5 Å². The first-order valence-electron chi connectivity index (χ1n) is 19.6. The zero-order chi connectivity index (χ0) is 37.5. The Kier molecular flexibility index (Phi) is 7.50. The summed E-state index contributed by atoms with van der Waals surface area (Å²) >= 11 is 3.73. The third kappa shape index (κ3) is 5.43. The van der Waals surface area contributed by atoms with Crippen LogP contribution < -0.4 is 0 Å². The van der Waals surface area contributed by atoms with Crippen molar-refractivity contribution in [1.29, 1.82) is 0 Å². The maximum atomic E-state index is 5.06. The number of nitrogens with zero attached hydrogens (tertiary/aromatic N) is 4. The van der Waals surface area contributed by atoms with Gasteiger partial charge in [-0.3, -0.25) is 0 Å². The lowest BCUT2D eigenvalue weighted by Crippen LogP contribution is -2.03. The van der Waals surface area contributed by atoms with Crippen molar-refractivity contribution >= 4 is 85.6 Å². The highest BCUT2D eigenvalue weighted by Crippen LogP contribution is 2.42. The van der Waals surface area contributed by atoms with E-state index in [1.807, 2.05) is 40.9 Å². The largest absolute Gasteiger partial charge is 0.313 e. The van der Waals surface area contributed by atoms with Gasteiger partial charge in [0.05, 0.1) is 5.52 Å². The number of thiophene rings is 2. The van der Waals surface area contributed by atoms with Gasteiger partial charge in [0.1, 0.15) is 0 Å². The van der Waals surface area contributed by atoms with E-state index in [-0.39, 0.29) is 0 Å². The summed E-state index contributed by atoms with van der Waals surface area (Å²) in [6, 6.07) is 46.7. The van der Waals surface area contributed by atoms with Crippen LogP contribution >= 0.6 is 22.7 Å². The van der Waals surface area contributed by atoms with Gasteiger partial charge in [-0.05, 0) is 97.0 Å². The lowest BCUT2D eigenvalue weighted by molar-refractivity contribution is 0.889. The van der Waals surface area contributed by atoms with Crippen molar-refractivity contribution in [3.8, 4) is 39.6 Å². The molecule has 0 unspecified atom stereocenters. The van der Waals surface area contributed by atoms with Crippen molar-refractivity contribution in [3.05, 3.63) is 169 Å². The highest BCUT2D eigenvalue weighted by Gasteiger charge is 2.20. The molecule has 0 spiro atoms. The maximum absolute atomic E-state index is 5.06. The van der Waals surface area contributed by atoms with Crippen molar-refractivity contribution in [1.82, 2.24) is 19.5 Å². The molecule has 4 aromatic heterocycles. The van der Waals surface area contributed by atoms with Crippen LogP contribution in [0.1, 0.15) is 36.3 Å². The molecular weight excluding hydrogens is 733 g/mol. The fourth-order valence-electron chi connectivity index (χ4n) is 8.80. The summed E-state index contributed by atoms with van der Waals surface area (Å²) in [5.41, 5.74) is 10.9. The van der Waals surface area contributed by atoms with Crippen LogP contribution in [-0.2, 0) is 6.42 Å². The molecule has 0 aliphatic heterocycles. The zero-order valence-corrected chi connectivity index (χ0v) is 32.6. The number of fused-ring (bicyclic) bond motifs is 9. The van der Waals surface area contributed by atoms with Crippen LogP contribution in [0.4, 0.5) is 0 Å². The molecular formula is C51H34N4S2. The number of hydrogen-bond donors (Lipinski definition) is 0. The van der Waals surface area contributed by atoms with E-state index in [0.717, 1.165) is 48.2 Å². The fourth-order valence-corrected chi connectivity index (χ4v) is 11.0. The average Bonchev–Trinajstić information content (AvgIpc) is 3.95. The van der Waals surface area contributed by atoms with Gasteiger partial charge < -0.3 is 4.57 Å². The number of aromatic nitrogens is 4. The van der Waals surface area contributed by atoms with E-state index in [0.29, 0.717) is 11.6 Å². The second-order valence-electron chi connectivity index (χ2n) is 15.0. The number of benzene rings is 6. The van der Waals surface area contributed by atoms with E-state index in [9.17, 15) is 0 Å². The summed E-state index contributed by atoms with van der Waals surface area (Å²) in [7, 11) is 0. The van der Waals surface area contributed by atoms with E-state index in [4.69, 9.17) is 15.0 Å². The number of allylic oxidation sites excluding steroid dienone is 5. The predicted molar refractivity (Wildman–Crippen MR) is 242 cm³/mol. The molecule has 0 saturated carbocycles. The molecule has 0 atom stereocenters. The number of hydrogen-bond acceptors (Lipinski definition) is 5. The minimum absolute atomic E-state index is 0.700. The van der Waals surface area contributed by atoms with Gasteiger partial charge in [0.15, 0.2) is 17.5 Å². The zero-order valence-electron chi connectivity index (χ0n) is 30.9. The molecule has 0 radical (unpaired) electrons. The highest BCUT2D eigenvalue weighted by molar-refractivity contribution is 7.26. The summed E-state index contributed by atoms with van der Waals surface area (Å²) in [5, 5.41) is 6.44. The summed E-state index contributed by atoms with van der Waals surface area (Å²) in [5.74, 6) is 2.15. The predicted octanol–water partition coefficient (Wildman–Crippen LogP) is 14.2. The Labute approximate surface area is 337 Å². The SMILES string of the molecule is C1=CCCC(c2nc(-c3ccccc3)nc(-c3ccc4sc5ccc(-c6ccc7c(c6)sc6cc(-n8c9c(c%10ccccc%108)C=CCC9)ccc67)cc5c4c3)n2)=C1. The Morgan fingerprint density at radius 3 is 1.98 bits per heavy atom. The first-order chi connectivity index (χ1) is 28.2. The van der Waals surface area contributed by atoms with Crippen molar-refractivity contribution in [2.24, 2.45) is 0 Å². The molecule has 6 aromatic carbocycles. The monoisotopic (exact) mass is 766 g/mol. The standard InChI is InChI=1S/C51H34N4S2/c1-3-11-31(12-4-1)49-52-50(32-13-5-2-6-14-32)54-51(53-49)35-21-26-46-42(28-35)41-27-33(20-25-45(41)56-46)34-19-23-39-40-24-22-36(30-48(40)57-47(39)29-34)55-43-17-9-7-15-37(43)38-16-8-10-18-44(38)55/h1-5,7-9,11-13,15-17,19-30H,6,10,14,18H2. The quantitative estimate of drug-likeness (QED) is 0.175. The Hall–Kier alpha value is -6.47. The molecule has 0 N–H and O–H groups in total. The van der Waals surface area contributed by atoms with Gasteiger partial charge >= 0.3 is 0 Å². The van der Waals surface area contributed by atoms with Gasteiger partial charge in [-0.2, -0.15) is 0 Å². The van der Waals surface area contributed by atoms with Crippen molar-refractivity contribution in [3.63, 3.8) is 0 Å². The van der Waals surface area contributed by atoms with Gasteiger partial charge in [0.2, 0.25) is 0 Å².